The highest BCUT2D eigenvalue weighted by Gasteiger charge is 2.29. The van der Waals surface area contributed by atoms with Crippen molar-refractivity contribution >= 4 is 23.5 Å². The first kappa shape index (κ1) is 22.4. The van der Waals surface area contributed by atoms with Crippen LogP contribution in [0.3, 0.4) is 0 Å². The molecule has 31 heavy (non-hydrogen) atoms. The number of aliphatic imine (C=N–C) groups is 1. The van der Waals surface area contributed by atoms with Crippen LogP contribution in [0.15, 0.2) is 52.4 Å². The second-order valence-electron chi connectivity index (χ2n) is 7.94. The molecule has 0 spiro atoms. The summed E-state index contributed by atoms with van der Waals surface area (Å²) in [5.74, 6) is -0.0428. The highest BCUT2D eigenvalue weighted by molar-refractivity contribution is 6.02. The van der Waals surface area contributed by atoms with E-state index < -0.39 is 5.91 Å². The number of hydrogen-bond donors (Lipinski definition) is 6. The van der Waals surface area contributed by atoms with Crippen LogP contribution in [-0.4, -0.2) is 36.9 Å². The lowest BCUT2D eigenvalue weighted by Crippen LogP contribution is -2.54. The quantitative estimate of drug-likeness (QED) is 0.405. The highest BCUT2D eigenvalue weighted by atomic mass is 16.2. The lowest BCUT2D eigenvalue weighted by Gasteiger charge is -2.34. The number of hydrogen-bond acceptors (Lipinski definition) is 7. The molecule has 0 unspecified atom stereocenters. The van der Waals surface area contributed by atoms with Crippen molar-refractivity contribution in [1.82, 2.24) is 16.0 Å². The molecule has 166 valence electrons. The zero-order chi connectivity index (χ0) is 22.4. The summed E-state index contributed by atoms with van der Waals surface area (Å²) in [7, 11) is 1.57. The zero-order valence-electron chi connectivity index (χ0n) is 18.0. The third kappa shape index (κ3) is 5.43. The number of amides is 2. The Balaban J connectivity index is 1.88. The van der Waals surface area contributed by atoms with Gasteiger partial charge in [0.25, 0.3) is 11.8 Å². The summed E-state index contributed by atoms with van der Waals surface area (Å²) >= 11 is 0. The number of rotatable bonds is 6. The smallest absolute Gasteiger partial charge is 0.254 e. The number of nitrogens with zero attached hydrogens (tertiary/aromatic N) is 1. The minimum Gasteiger partial charge on any atom is -0.365 e. The molecule has 1 aliphatic carbocycles. The van der Waals surface area contributed by atoms with Crippen LogP contribution in [0.1, 0.15) is 49.4 Å². The minimum atomic E-state index is -0.615. The van der Waals surface area contributed by atoms with E-state index in [-0.39, 0.29) is 17.0 Å². The van der Waals surface area contributed by atoms with Gasteiger partial charge in [0.15, 0.2) is 0 Å². The molecule has 0 radical (unpaired) electrons. The number of nitrogens with one attached hydrogen (secondary N) is 4. The van der Waals surface area contributed by atoms with Gasteiger partial charge in [-0.15, -0.1) is 0 Å². The van der Waals surface area contributed by atoms with E-state index in [0.717, 1.165) is 25.7 Å². The van der Waals surface area contributed by atoms with Gasteiger partial charge in [0.05, 0.1) is 5.70 Å². The molecule has 0 bridgehead atoms. The highest BCUT2D eigenvalue weighted by Crippen LogP contribution is 2.26. The molecule has 8 N–H and O–H groups in total. The fourth-order valence-electron chi connectivity index (χ4n) is 3.87. The maximum Gasteiger partial charge on any atom is 0.254 e. The first-order valence-corrected chi connectivity index (χ1v) is 10.5. The number of allylic oxidation sites excluding steroid dienone is 1. The number of carbonyl (C=O) groups is 2. The Kier molecular flexibility index (Phi) is 6.96. The van der Waals surface area contributed by atoms with E-state index in [4.69, 9.17) is 11.5 Å². The number of carbonyl (C=O) groups excluding carboxylic acids is 2. The first-order valence-electron chi connectivity index (χ1n) is 10.5. The molecule has 1 aromatic rings. The van der Waals surface area contributed by atoms with Crippen LogP contribution in [0.5, 0.6) is 0 Å². The molecule has 0 atom stereocenters. The average molecular weight is 426 g/mol. The Morgan fingerprint density at radius 1 is 1.26 bits per heavy atom. The summed E-state index contributed by atoms with van der Waals surface area (Å²) < 4.78 is 0. The van der Waals surface area contributed by atoms with Gasteiger partial charge in [-0.3, -0.25) is 9.59 Å². The van der Waals surface area contributed by atoms with Crippen molar-refractivity contribution in [2.75, 3.05) is 18.9 Å². The Morgan fingerprint density at radius 2 is 2.00 bits per heavy atom. The van der Waals surface area contributed by atoms with Crippen molar-refractivity contribution in [3.63, 3.8) is 0 Å². The molecule has 3 rings (SSSR count). The standard InChI is InChI=1S/C22H31N7O2/c1-3-16-17(18(23)30)19(27-15-9-7-8-14(12-15)20(31)25-2)29-21(28-16)26-13-22(24)10-5-4-6-11-22/h3,7-9,12,27H,4-6,10-11,13,24H2,1-2H3,(H2,23,30)(H,25,31)(H2,26,28,29). The van der Waals surface area contributed by atoms with Gasteiger partial charge in [-0.25, -0.2) is 0 Å². The molecule has 1 aliphatic heterocycles. The monoisotopic (exact) mass is 425 g/mol. The van der Waals surface area contributed by atoms with Crippen molar-refractivity contribution < 1.29 is 9.59 Å². The number of anilines is 1. The molecule has 2 amide bonds. The van der Waals surface area contributed by atoms with Crippen LogP contribution in [0.25, 0.3) is 0 Å². The van der Waals surface area contributed by atoms with Crippen LogP contribution in [-0.2, 0) is 4.79 Å². The predicted molar refractivity (Wildman–Crippen MR) is 122 cm³/mol. The molecule has 1 aromatic carbocycles. The summed E-state index contributed by atoms with van der Waals surface area (Å²) in [5, 5.41) is 12.1. The van der Waals surface area contributed by atoms with Crippen molar-refractivity contribution in [3.05, 3.63) is 53.0 Å². The Hall–Kier alpha value is -3.33. The minimum absolute atomic E-state index is 0.209. The maximum atomic E-state index is 12.2. The van der Waals surface area contributed by atoms with Crippen molar-refractivity contribution in [2.24, 2.45) is 16.5 Å². The van der Waals surface area contributed by atoms with E-state index in [9.17, 15) is 9.59 Å². The van der Waals surface area contributed by atoms with E-state index in [1.54, 1.807) is 37.4 Å². The third-order valence-electron chi connectivity index (χ3n) is 5.59. The van der Waals surface area contributed by atoms with Gasteiger partial charge < -0.3 is 32.7 Å². The van der Waals surface area contributed by atoms with E-state index >= 15 is 0 Å². The van der Waals surface area contributed by atoms with Crippen molar-refractivity contribution in [3.8, 4) is 0 Å². The van der Waals surface area contributed by atoms with Crippen LogP contribution in [0.2, 0.25) is 0 Å². The van der Waals surface area contributed by atoms with Gasteiger partial charge in [0.1, 0.15) is 11.4 Å². The summed E-state index contributed by atoms with van der Waals surface area (Å²) in [6, 6.07) is 6.92. The van der Waals surface area contributed by atoms with Crippen molar-refractivity contribution in [2.45, 2.75) is 44.6 Å². The molecule has 2 aliphatic rings. The van der Waals surface area contributed by atoms with E-state index in [1.165, 1.54) is 6.42 Å². The molecule has 0 aromatic heterocycles. The summed E-state index contributed by atoms with van der Waals surface area (Å²) in [6.45, 7) is 2.38. The molecule has 1 fully saturated rings. The SMILES string of the molecule is CC=C1NC(NCC2(N)CCCCC2)=NC(Nc2cccc(C(=O)NC)c2)=C1C(N)=O. The largest absolute Gasteiger partial charge is 0.365 e. The molecule has 1 heterocycles. The second-order valence-corrected chi connectivity index (χ2v) is 7.94. The lowest BCUT2D eigenvalue weighted by atomic mass is 9.82. The molecule has 0 saturated heterocycles. The molecule has 9 nitrogen and oxygen atoms in total. The van der Waals surface area contributed by atoms with E-state index in [1.807, 2.05) is 6.92 Å². The lowest BCUT2D eigenvalue weighted by molar-refractivity contribution is -0.114. The summed E-state index contributed by atoms with van der Waals surface area (Å²) in [4.78, 5) is 28.7. The van der Waals surface area contributed by atoms with Crippen LogP contribution < -0.4 is 32.7 Å². The van der Waals surface area contributed by atoms with Gasteiger partial charge >= 0.3 is 0 Å². The normalized spacial score (nSPS) is 19.3. The van der Waals surface area contributed by atoms with Crippen LogP contribution >= 0.6 is 0 Å². The number of nitrogens with two attached hydrogens (primary N) is 2. The third-order valence-corrected chi connectivity index (χ3v) is 5.59. The van der Waals surface area contributed by atoms with E-state index in [2.05, 4.69) is 26.3 Å². The number of primary amides is 1. The fourth-order valence-corrected chi connectivity index (χ4v) is 3.87. The summed E-state index contributed by atoms with van der Waals surface area (Å²) in [5.41, 5.74) is 13.8. The van der Waals surface area contributed by atoms with Gasteiger partial charge in [-0.1, -0.05) is 31.4 Å². The van der Waals surface area contributed by atoms with E-state index in [0.29, 0.717) is 35.3 Å². The van der Waals surface area contributed by atoms with Crippen molar-refractivity contribution in [1.29, 1.82) is 0 Å². The van der Waals surface area contributed by atoms with Gasteiger partial charge in [-0.05, 0) is 38.0 Å². The molecular weight excluding hydrogens is 394 g/mol. The average Bonchev–Trinajstić information content (AvgIpc) is 2.77. The second kappa shape index (κ2) is 9.65. The topological polar surface area (TPSA) is 147 Å². The molecule has 9 heteroatoms. The maximum absolute atomic E-state index is 12.2. The van der Waals surface area contributed by atoms with Gasteiger partial charge in [0.2, 0.25) is 5.96 Å². The Labute approximate surface area is 182 Å². The fraction of sp³-hybridized carbons (Fsp3) is 0.409. The first-order chi connectivity index (χ1) is 14.8. The van der Waals surface area contributed by atoms with Crippen LogP contribution in [0, 0.1) is 0 Å². The van der Waals surface area contributed by atoms with Gasteiger partial charge in [-0.2, -0.15) is 4.99 Å². The predicted octanol–water partition coefficient (Wildman–Crippen LogP) is 1.27. The number of guanidine groups is 1. The Bertz CT molecular complexity index is 943. The zero-order valence-corrected chi connectivity index (χ0v) is 18.0. The number of benzene rings is 1. The van der Waals surface area contributed by atoms with Gasteiger partial charge in [0, 0.05) is 30.4 Å². The van der Waals surface area contributed by atoms with Crippen LogP contribution in [0.4, 0.5) is 5.69 Å². The summed E-state index contributed by atoms with van der Waals surface area (Å²) in [6.07, 6.45) is 7.15. The molecule has 1 saturated carbocycles. The molecular formula is C22H31N7O2. The Morgan fingerprint density at radius 3 is 2.65 bits per heavy atom.